The van der Waals surface area contributed by atoms with E-state index in [1.807, 2.05) is 0 Å². The zero-order chi connectivity index (χ0) is 14.3. The summed E-state index contributed by atoms with van der Waals surface area (Å²) in [5.41, 5.74) is 0. The highest BCUT2D eigenvalue weighted by Crippen LogP contribution is 2.07. The van der Waals surface area contributed by atoms with Gasteiger partial charge in [-0.15, -0.1) is 0 Å². The largest absolute Gasteiger partial charge is 0.354 e. The van der Waals surface area contributed by atoms with E-state index in [1.165, 1.54) is 44.6 Å². The summed E-state index contributed by atoms with van der Waals surface area (Å²) in [4.78, 5) is 25.0. The highest BCUT2D eigenvalue weighted by atomic mass is 32.1. The van der Waals surface area contributed by atoms with Crippen LogP contribution >= 0.6 is 12.6 Å². The Hall–Kier alpha value is -0.800. The predicted octanol–water partition coefficient (Wildman–Crippen LogP) is 2.88. The van der Waals surface area contributed by atoms with Crippen molar-refractivity contribution in [2.24, 2.45) is 4.99 Å². The number of isocyanates is 1. The number of thiol groups is 1. The maximum absolute atomic E-state index is 11.5. The Balaban J connectivity index is 3.43. The van der Waals surface area contributed by atoms with E-state index in [1.54, 1.807) is 0 Å². The highest BCUT2D eigenvalue weighted by Gasteiger charge is 2.14. The Kier molecular flexibility index (Phi) is 13.1. The van der Waals surface area contributed by atoms with Crippen molar-refractivity contribution in [3.05, 3.63) is 0 Å². The van der Waals surface area contributed by atoms with Crippen molar-refractivity contribution in [1.29, 1.82) is 0 Å². The normalized spacial score (nSPS) is 11.7. The summed E-state index contributed by atoms with van der Waals surface area (Å²) >= 11 is 3.97. The van der Waals surface area contributed by atoms with Crippen LogP contribution in [-0.2, 0) is 9.59 Å². The third kappa shape index (κ3) is 10.8. The lowest BCUT2D eigenvalue weighted by molar-refractivity contribution is -0.121. The molecule has 0 spiro atoms. The lowest BCUT2D eigenvalue weighted by atomic mass is 10.1. The Bertz CT molecular complexity index is 279. The number of aliphatic imine (C=N–C) groups is 1. The van der Waals surface area contributed by atoms with Crippen molar-refractivity contribution < 1.29 is 9.59 Å². The average Bonchev–Trinajstić information content (AvgIpc) is 2.42. The van der Waals surface area contributed by atoms with Crippen molar-refractivity contribution in [3.8, 4) is 0 Å². The fourth-order valence-corrected chi connectivity index (χ4v) is 2.08. The molecule has 0 aromatic carbocycles. The molecular weight excluding hydrogens is 260 g/mol. The molecule has 0 aliphatic carbocycles. The summed E-state index contributed by atoms with van der Waals surface area (Å²) in [5.74, 6) is -0.000286. The molecule has 1 amide bonds. The Morgan fingerprint density at radius 2 is 1.74 bits per heavy atom. The first-order valence-corrected chi connectivity index (χ1v) is 7.85. The third-order valence-corrected chi connectivity index (χ3v) is 3.36. The first-order valence-electron chi connectivity index (χ1n) is 7.21. The van der Waals surface area contributed by atoms with Crippen LogP contribution in [0.4, 0.5) is 0 Å². The average molecular weight is 286 g/mol. The third-order valence-electron chi connectivity index (χ3n) is 3.01. The number of carbonyl (C=O) groups excluding carboxylic acids is 2. The second-order valence-corrected chi connectivity index (χ2v) is 5.05. The maximum Gasteiger partial charge on any atom is 0.246 e. The number of nitrogens with one attached hydrogen (secondary N) is 1. The minimum Gasteiger partial charge on any atom is -0.354 e. The zero-order valence-electron chi connectivity index (χ0n) is 11.9. The quantitative estimate of drug-likeness (QED) is 0.251. The summed E-state index contributed by atoms with van der Waals surface area (Å²) < 4.78 is 0. The second-order valence-electron chi connectivity index (χ2n) is 4.68. The van der Waals surface area contributed by atoms with E-state index in [2.05, 4.69) is 29.9 Å². The van der Waals surface area contributed by atoms with Crippen molar-refractivity contribution in [2.75, 3.05) is 12.3 Å². The van der Waals surface area contributed by atoms with Gasteiger partial charge in [-0.2, -0.15) is 17.6 Å². The molecule has 0 rings (SSSR count). The van der Waals surface area contributed by atoms with Gasteiger partial charge < -0.3 is 5.32 Å². The number of hydrogen-bond donors (Lipinski definition) is 2. The fourth-order valence-electron chi connectivity index (χ4n) is 1.83. The van der Waals surface area contributed by atoms with Crippen molar-refractivity contribution in [2.45, 2.75) is 64.3 Å². The number of nitrogens with zero attached hydrogens (tertiary/aromatic N) is 1. The van der Waals surface area contributed by atoms with Gasteiger partial charge >= 0.3 is 0 Å². The van der Waals surface area contributed by atoms with Crippen LogP contribution in [0.3, 0.4) is 0 Å². The summed E-state index contributed by atoms with van der Waals surface area (Å²) in [6, 6.07) is -0.699. The van der Waals surface area contributed by atoms with E-state index in [-0.39, 0.29) is 11.7 Å². The van der Waals surface area contributed by atoms with Crippen LogP contribution in [0.1, 0.15) is 58.3 Å². The monoisotopic (exact) mass is 286 g/mol. The zero-order valence-corrected chi connectivity index (χ0v) is 12.8. The molecule has 0 radical (unpaired) electrons. The summed E-state index contributed by atoms with van der Waals surface area (Å²) in [7, 11) is 0. The van der Waals surface area contributed by atoms with Crippen LogP contribution < -0.4 is 5.32 Å². The molecule has 4 nitrogen and oxygen atoms in total. The maximum atomic E-state index is 11.5. The first kappa shape index (κ1) is 18.2. The molecule has 0 aromatic rings. The number of hydrogen-bond acceptors (Lipinski definition) is 4. The molecule has 1 atom stereocenters. The van der Waals surface area contributed by atoms with Crippen LogP contribution in [0, 0.1) is 0 Å². The number of carbonyl (C=O) groups is 1. The topological polar surface area (TPSA) is 58.5 Å². The minimum atomic E-state index is -0.699. The van der Waals surface area contributed by atoms with E-state index >= 15 is 0 Å². The molecule has 0 saturated heterocycles. The SMILES string of the molecule is CCCCCCCCCCNC(=O)C(CS)N=C=O. The molecule has 110 valence electrons. The van der Waals surface area contributed by atoms with Gasteiger partial charge in [0.15, 0.2) is 0 Å². The number of rotatable bonds is 12. The van der Waals surface area contributed by atoms with Gasteiger partial charge in [-0.25, -0.2) is 4.79 Å². The van der Waals surface area contributed by atoms with Gasteiger partial charge in [0.05, 0.1) is 0 Å². The molecule has 0 saturated carbocycles. The lowest BCUT2D eigenvalue weighted by Gasteiger charge is -2.08. The molecular formula is C14H26N2O2S. The summed E-state index contributed by atoms with van der Waals surface area (Å²) in [5, 5.41) is 2.77. The second kappa shape index (κ2) is 13.6. The summed E-state index contributed by atoms with van der Waals surface area (Å²) in [6.45, 7) is 2.86. The fraction of sp³-hybridized carbons (Fsp3) is 0.857. The Labute approximate surface area is 121 Å². The lowest BCUT2D eigenvalue weighted by Crippen LogP contribution is -2.35. The summed E-state index contributed by atoms with van der Waals surface area (Å²) in [6.07, 6.45) is 11.3. The Morgan fingerprint density at radius 3 is 2.26 bits per heavy atom. The van der Waals surface area contributed by atoms with Gasteiger partial charge in [0.2, 0.25) is 12.0 Å². The van der Waals surface area contributed by atoms with Gasteiger partial charge in [0.1, 0.15) is 6.04 Å². The van der Waals surface area contributed by atoms with Gasteiger partial charge in [0.25, 0.3) is 0 Å². The molecule has 1 unspecified atom stereocenters. The molecule has 1 N–H and O–H groups in total. The van der Waals surface area contributed by atoms with E-state index in [9.17, 15) is 9.59 Å². The van der Waals surface area contributed by atoms with Crippen LogP contribution in [0.2, 0.25) is 0 Å². The van der Waals surface area contributed by atoms with Crippen molar-refractivity contribution in [3.63, 3.8) is 0 Å². The number of unbranched alkanes of at least 4 members (excludes halogenated alkanes) is 7. The molecule has 5 heteroatoms. The predicted molar refractivity (Wildman–Crippen MR) is 81.4 cm³/mol. The van der Waals surface area contributed by atoms with Gasteiger partial charge in [-0.05, 0) is 6.42 Å². The molecule has 0 bridgehead atoms. The number of amides is 1. The smallest absolute Gasteiger partial charge is 0.246 e. The minimum absolute atomic E-state index is 0.235. The van der Waals surface area contributed by atoms with E-state index < -0.39 is 6.04 Å². The van der Waals surface area contributed by atoms with E-state index in [0.29, 0.717) is 6.54 Å². The van der Waals surface area contributed by atoms with E-state index in [0.717, 1.165) is 12.8 Å². The van der Waals surface area contributed by atoms with Crippen molar-refractivity contribution >= 4 is 24.6 Å². The standard InChI is InChI=1S/C14H26N2O2S/c1-2-3-4-5-6-7-8-9-10-15-14(18)13(11-19)16-12-17/h13,19H,2-11H2,1H3,(H,15,18). The molecule has 0 fully saturated rings. The van der Waals surface area contributed by atoms with Crippen molar-refractivity contribution in [1.82, 2.24) is 5.32 Å². The molecule has 19 heavy (non-hydrogen) atoms. The van der Waals surface area contributed by atoms with Crippen LogP contribution in [0.25, 0.3) is 0 Å². The van der Waals surface area contributed by atoms with Gasteiger partial charge in [0, 0.05) is 12.3 Å². The van der Waals surface area contributed by atoms with Gasteiger partial charge in [-0.1, -0.05) is 51.9 Å². The van der Waals surface area contributed by atoms with E-state index in [4.69, 9.17) is 0 Å². The van der Waals surface area contributed by atoms with Gasteiger partial charge in [-0.3, -0.25) is 4.79 Å². The van der Waals surface area contributed by atoms with Crippen LogP contribution in [0.15, 0.2) is 4.99 Å². The molecule has 0 aliphatic rings. The van der Waals surface area contributed by atoms with Crippen LogP contribution in [-0.4, -0.2) is 30.3 Å². The first-order chi connectivity index (χ1) is 9.26. The molecule has 0 aromatic heterocycles. The molecule has 0 aliphatic heterocycles. The van der Waals surface area contributed by atoms with Crippen LogP contribution in [0.5, 0.6) is 0 Å². The highest BCUT2D eigenvalue weighted by molar-refractivity contribution is 7.80. The Morgan fingerprint density at radius 1 is 1.16 bits per heavy atom. The molecule has 0 heterocycles.